The minimum atomic E-state index is 0.822. The van der Waals surface area contributed by atoms with Crippen LogP contribution < -0.4 is 0 Å². The third-order valence-corrected chi connectivity index (χ3v) is 2.13. The number of hydrogen-bond acceptors (Lipinski definition) is 2. The van der Waals surface area contributed by atoms with Crippen molar-refractivity contribution in [3.05, 3.63) is 28.6 Å². The Kier molecular flexibility index (Phi) is 1.84. The van der Waals surface area contributed by atoms with Gasteiger partial charge in [-0.2, -0.15) is 5.10 Å². The van der Waals surface area contributed by atoms with Gasteiger partial charge < -0.3 is 0 Å². The molecule has 0 atom stereocenters. The summed E-state index contributed by atoms with van der Waals surface area (Å²) in [6, 6.07) is 1.89. The summed E-state index contributed by atoms with van der Waals surface area (Å²) in [6.07, 6.45) is 4.86. The quantitative estimate of drug-likeness (QED) is 0.744. The Hall–Kier alpha value is -0.900. The van der Waals surface area contributed by atoms with Crippen molar-refractivity contribution in [2.75, 3.05) is 0 Å². The van der Waals surface area contributed by atoms with Crippen LogP contribution in [-0.2, 0) is 6.42 Å². The summed E-state index contributed by atoms with van der Waals surface area (Å²) in [4.78, 5) is 4.24. The van der Waals surface area contributed by atoms with Gasteiger partial charge in [0.1, 0.15) is 4.60 Å². The lowest BCUT2D eigenvalue weighted by molar-refractivity contribution is 0.901. The molecule has 0 fully saturated rings. The van der Waals surface area contributed by atoms with E-state index in [1.54, 1.807) is 4.52 Å². The first kappa shape index (κ1) is 7.73. The molecule has 0 unspecified atom stereocenters. The molecule has 0 aliphatic heterocycles. The Bertz CT molecular complexity index is 408. The molecule has 0 aliphatic rings. The summed E-state index contributed by atoms with van der Waals surface area (Å²) in [5.41, 5.74) is 2.07. The van der Waals surface area contributed by atoms with E-state index in [9.17, 15) is 0 Å². The molecule has 4 heteroatoms. The summed E-state index contributed by atoms with van der Waals surface area (Å²) >= 11 is 3.30. The van der Waals surface area contributed by atoms with Gasteiger partial charge >= 0.3 is 0 Å². The molecule has 2 aromatic heterocycles. The second kappa shape index (κ2) is 2.86. The molecule has 2 aromatic rings. The number of hydrogen-bond donors (Lipinski definition) is 0. The van der Waals surface area contributed by atoms with Crippen LogP contribution in [0.1, 0.15) is 12.5 Å². The van der Waals surface area contributed by atoms with Crippen LogP contribution in [0.5, 0.6) is 0 Å². The number of rotatable bonds is 1. The molecule has 0 N–H and O–H groups in total. The van der Waals surface area contributed by atoms with Gasteiger partial charge in [-0.25, -0.2) is 9.50 Å². The molecule has 3 nitrogen and oxygen atoms in total. The Morgan fingerprint density at radius 3 is 3.17 bits per heavy atom. The molecule has 0 spiro atoms. The molecule has 12 heavy (non-hydrogen) atoms. The molecule has 0 saturated carbocycles. The van der Waals surface area contributed by atoms with Gasteiger partial charge in [-0.1, -0.05) is 6.92 Å². The zero-order valence-corrected chi connectivity index (χ0v) is 8.24. The second-order valence-corrected chi connectivity index (χ2v) is 3.40. The van der Waals surface area contributed by atoms with E-state index in [0.717, 1.165) is 16.7 Å². The average Bonchev–Trinajstić information content (AvgIpc) is 2.43. The van der Waals surface area contributed by atoms with E-state index >= 15 is 0 Å². The van der Waals surface area contributed by atoms with Gasteiger partial charge in [0.25, 0.3) is 0 Å². The lowest BCUT2D eigenvalue weighted by Gasteiger charge is -1.95. The van der Waals surface area contributed by atoms with Crippen molar-refractivity contribution >= 4 is 21.6 Å². The molecule has 0 aliphatic carbocycles. The average molecular weight is 226 g/mol. The highest BCUT2D eigenvalue weighted by molar-refractivity contribution is 9.10. The van der Waals surface area contributed by atoms with Gasteiger partial charge in [0, 0.05) is 18.5 Å². The van der Waals surface area contributed by atoms with E-state index in [0.29, 0.717) is 0 Å². The Morgan fingerprint density at radius 1 is 1.58 bits per heavy atom. The number of aromatic nitrogens is 3. The molecule has 0 bridgehead atoms. The van der Waals surface area contributed by atoms with Crippen LogP contribution >= 0.6 is 15.9 Å². The zero-order valence-electron chi connectivity index (χ0n) is 6.66. The molecule has 0 radical (unpaired) electrons. The fraction of sp³-hybridized carbons (Fsp3) is 0.250. The predicted octanol–water partition coefficient (Wildman–Crippen LogP) is 2.05. The first-order valence-electron chi connectivity index (χ1n) is 3.79. The number of aryl methyl sites for hydroxylation is 1. The second-order valence-electron chi connectivity index (χ2n) is 2.59. The smallest absolute Gasteiger partial charge is 0.156 e. The van der Waals surface area contributed by atoms with Crippen LogP contribution in [0.15, 0.2) is 23.1 Å². The van der Waals surface area contributed by atoms with E-state index in [-0.39, 0.29) is 0 Å². The van der Waals surface area contributed by atoms with Crippen LogP contribution in [0.25, 0.3) is 5.65 Å². The maximum absolute atomic E-state index is 4.24. The summed E-state index contributed by atoms with van der Waals surface area (Å²) in [5.74, 6) is 0. The molecule has 2 heterocycles. The van der Waals surface area contributed by atoms with Gasteiger partial charge in [-0.05, 0) is 27.9 Å². The topological polar surface area (TPSA) is 30.2 Å². The van der Waals surface area contributed by atoms with Gasteiger partial charge in [0.2, 0.25) is 0 Å². The minimum absolute atomic E-state index is 0.822. The summed E-state index contributed by atoms with van der Waals surface area (Å²) in [6.45, 7) is 2.10. The highest BCUT2D eigenvalue weighted by Crippen LogP contribution is 2.10. The van der Waals surface area contributed by atoms with E-state index in [1.165, 1.54) is 5.56 Å². The van der Waals surface area contributed by atoms with E-state index in [4.69, 9.17) is 0 Å². The van der Waals surface area contributed by atoms with Crippen LogP contribution in [0, 0.1) is 0 Å². The Balaban J connectivity index is 2.66. The highest BCUT2D eigenvalue weighted by atomic mass is 79.9. The standard InChI is InChI=1S/C8H8BrN3/c1-2-6-4-10-8-3-7(9)11-12(8)5-6/h3-5H,2H2,1H3. The largest absolute Gasteiger partial charge is 0.237 e. The summed E-state index contributed by atoms with van der Waals surface area (Å²) in [7, 11) is 0. The van der Waals surface area contributed by atoms with Crippen molar-refractivity contribution in [1.29, 1.82) is 0 Å². The van der Waals surface area contributed by atoms with Crippen molar-refractivity contribution in [3.8, 4) is 0 Å². The fourth-order valence-electron chi connectivity index (χ4n) is 1.07. The van der Waals surface area contributed by atoms with E-state index < -0.39 is 0 Å². The molecular weight excluding hydrogens is 218 g/mol. The SMILES string of the molecule is CCc1cnc2cc(Br)nn2c1. The fourth-order valence-corrected chi connectivity index (χ4v) is 1.44. The predicted molar refractivity (Wildman–Crippen MR) is 50.1 cm³/mol. The molecule has 62 valence electrons. The van der Waals surface area contributed by atoms with Gasteiger partial charge in [0.15, 0.2) is 5.65 Å². The molecule has 2 rings (SSSR count). The number of nitrogens with zero attached hydrogens (tertiary/aromatic N) is 3. The zero-order chi connectivity index (χ0) is 8.55. The van der Waals surface area contributed by atoms with Crippen LogP contribution in [0.2, 0.25) is 0 Å². The van der Waals surface area contributed by atoms with E-state index in [2.05, 4.69) is 32.9 Å². The third-order valence-electron chi connectivity index (χ3n) is 1.75. The minimum Gasteiger partial charge on any atom is -0.237 e. The van der Waals surface area contributed by atoms with Gasteiger partial charge in [-0.15, -0.1) is 0 Å². The molecule has 0 saturated heterocycles. The Morgan fingerprint density at radius 2 is 2.42 bits per heavy atom. The van der Waals surface area contributed by atoms with Crippen molar-refractivity contribution < 1.29 is 0 Å². The lowest BCUT2D eigenvalue weighted by atomic mass is 10.3. The van der Waals surface area contributed by atoms with Crippen molar-refractivity contribution in [2.45, 2.75) is 13.3 Å². The number of fused-ring (bicyclic) bond motifs is 1. The summed E-state index contributed by atoms with van der Waals surface area (Å²) in [5, 5.41) is 4.19. The molecule has 0 amide bonds. The normalized spacial score (nSPS) is 10.8. The third kappa shape index (κ3) is 1.22. The van der Waals surface area contributed by atoms with Crippen LogP contribution in [0.4, 0.5) is 0 Å². The lowest BCUT2D eigenvalue weighted by Crippen LogP contribution is -1.92. The van der Waals surface area contributed by atoms with Crippen molar-refractivity contribution in [2.24, 2.45) is 0 Å². The molecule has 0 aromatic carbocycles. The van der Waals surface area contributed by atoms with Crippen molar-refractivity contribution in [1.82, 2.24) is 14.6 Å². The van der Waals surface area contributed by atoms with Crippen LogP contribution in [0.3, 0.4) is 0 Å². The Labute approximate surface area is 78.6 Å². The van der Waals surface area contributed by atoms with Gasteiger partial charge in [-0.3, -0.25) is 0 Å². The first-order valence-corrected chi connectivity index (χ1v) is 4.58. The van der Waals surface area contributed by atoms with Crippen molar-refractivity contribution in [3.63, 3.8) is 0 Å². The molecular formula is C8H8BrN3. The monoisotopic (exact) mass is 225 g/mol. The van der Waals surface area contributed by atoms with E-state index in [1.807, 2.05) is 18.5 Å². The highest BCUT2D eigenvalue weighted by Gasteiger charge is 1.99. The maximum Gasteiger partial charge on any atom is 0.156 e. The summed E-state index contributed by atoms with van der Waals surface area (Å²) < 4.78 is 2.60. The van der Waals surface area contributed by atoms with Gasteiger partial charge in [0.05, 0.1) is 0 Å². The first-order chi connectivity index (χ1) is 5.79. The van der Waals surface area contributed by atoms with Crippen LogP contribution in [-0.4, -0.2) is 14.6 Å². The maximum atomic E-state index is 4.24. The number of halogens is 1.